The zero-order valence-electron chi connectivity index (χ0n) is 11.8. The zero-order valence-corrected chi connectivity index (χ0v) is 12.5. The number of nitrogens with zero attached hydrogens (tertiary/aromatic N) is 2. The third-order valence-corrected chi connectivity index (χ3v) is 4.63. The van der Waals surface area contributed by atoms with E-state index >= 15 is 0 Å². The van der Waals surface area contributed by atoms with Gasteiger partial charge in [0.2, 0.25) is 0 Å². The molecule has 2 atom stereocenters. The second kappa shape index (κ2) is 5.72. The molecule has 1 heterocycles. The maximum atomic E-state index is 13.6. The number of aromatic nitrogens is 2. The topological polar surface area (TPSA) is 17.8 Å². The molecule has 20 heavy (non-hydrogen) atoms. The number of aryl methyl sites for hydroxylation is 1. The lowest BCUT2D eigenvalue weighted by Gasteiger charge is -2.31. The molecule has 0 aliphatic heterocycles. The number of rotatable bonds is 3. The summed E-state index contributed by atoms with van der Waals surface area (Å²) in [7, 11) is 0. The van der Waals surface area contributed by atoms with Gasteiger partial charge in [0.05, 0.1) is 11.0 Å². The Kier molecular flexibility index (Phi) is 3.97. The first-order valence-corrected chi connectivity index (χ1v) is 7.96. The first-order valence-electron chi connectivity index (χ1n) is 7.43. The van der Waals surface area contributed by atoms with E-state index in [4.69, 9.17) is 11.6 Å². The largest absolute Gasteiger partial charge is 0.324 e. The molecule has 1 aromatic carbocycles. The standard InChI is InChI=1S/C16H20ClFN2/c1-11-4-2-3-5-14(11)20-15-10-12(18)6-7-13(15)19-16(20)8-9-17/h6-7,10-11,14H,2-5,8-9H2,1H3. The Bertz CT molecular complexity index is 608. The molecule has 0 amide bonds. The Morgan fingerprint density at radius 3 is 2.90 bits per heavy atom. The van der Waals surface area contributed by atoms with Crippen LogP contribution < -0.4 is 0 Å². The molecule has 1 aliphatic carbocycles. The summed E-state index contributed by atoms with van der Waals surface area (Å²) in [5, 5.41) is 0. The maximum Gasteiger partial charge on any atom is 0.125 e. The van der Waals surface area contributed by atoms with Crippen molar-refractivity contribution in [3.05, 3.63) is 29.8 Å². The van der Waals surface area contributed by atoms with Gasteiger partial charge in [0.1, 0.15) is 11.6 Å². The summed E-state index contributed by atoms with van der Waals surface area (Å²) in [6.45, 7) is 2.29. The highest BCUT2D eigenvalue weighted by Gasteiger charge is 2.26. The van der Waals surface area contributed by atoms with E-state index < -0.39 is 0 Å². The lowest BCUT2D eigenvalue weighted by Crippen LogP contribution is -2.23. The lowest BCUT2D eigenvalue weighted by atomic mass is 9.85. The molecule has 4 heteroatoms. The number of hydrogen-bond donors (Lipinski definition) is 0. The summed E-state index contributed by atoms with van der Waals surface area (Å²) in [4.78, 5) is 4.67. The van der Waals surface area contributed by atoms with Crippen LogP contribution in [-0.2, 0) is 6.42 Å². The van der Waals surface area contributed by atoms with Crippen molar-refractivity contribution in [2.75, 3.05) is 5.88 Å². The molecule has 1 aromatic heterocycles. The van der Waals surface area contributed by atoms with Crippen LogP contribution in [0.15, 0.2) is 18.2 Å². The monoisotopic (exact) mass is 294 g/mol. The summed E-state index contributed by atoms with van der Waals surface area (Å²) in [6.07, 6.45) is 5.66. The maximum absolute atomic E-state index is 13.6. The highest BCUT2D eigenvalue weighted by atomic mass is 35.5. The molecule has 0 spiro atoms. The van der Waals surface area contributed by atoms with E-state index in [0.717, 1.165) is 29.7 Å². The normalized spacial score (nSPS) is 23.4. The molecule has 0 radical (unpaired) electrons. The Morgan fingerprint density at radius 2 is 2.15 bits per heavy atom. The third kappa shape index (κ3) is 2.44. The van der Waals surface area contributed by atoms with Crippen molar-refractivity contribution in [1.29, 1.82) is 0 Å². The van der Waals surface area contributed by atoms with Gasteiger partial charge in [-0.15, -0.1) is 11.6 Å². The van der Waals surface area contributed by atoms with Crippen molar-refractivity contribution in [2.24, 2.45) is 5.92 Å². The summed E-state index contributed by atoms with van der Waals surface area (Å²) in [5.41, 5.74) is 1.80. The van der Waals surface area contributed by atoms with Crippen LogP contribution in [0.3, 0.4) is 0 Å². The molecule has 2 nitrogen and oxygen atoms in total. The Balaban J connectivity index is 2.14. The van der Waals surface area contributed by atoms with Gasteiger partial charge in [-0.25, -0.2) is 9.37 Å². The van der Waals surface area contributed by atoms with Crippen LogP contribution in [0.1, 0.15) is 44.5 Å². The highest BCUT2D eigenvalue weighted by molar-refractivity contribution is 6.17. The molecule has 1 aliphatic rings. The molecule has 0 saturated heterocycles. The third-order valence-electron chi connectivity index (χ3n) is 4.44. The molecular weight excluding hydrogens is 275 g/mol. The number of imidazole rings is 1. The van der Waals surface area contributed by atoms with Gasteiger partial charge in [0.15, 0.2) is 0 Å². The summed E-state index contributed by atoms with van der Waals surface area (Å²) in [6, 6.07) is 5.29. The van der Waals surface area contributed by atoms with Crippen LogP contribution in [-0.4, -0.2) is 15.4 Å². The number of hydrogen-bond acceptors (Lipinski definition) is 1. The molecule has 0 N–H and O–H groups in total. The quantitative estimate of drug-likeness (QED) is 0.750. The Morgan fingerprint density at radius 1 is 1.35 bits per heavy atom. The van der Waals surface area contributed by atoms with Crippen molar-refractivity contribution >= 4 is 22.6 Å². The Hall–Kier alpha value is -1.09. The van der Waals surface area contributed by atoms with Gasteiger partial charge in [-0.3, -0.25) is 0 Å². The first kappa shape index (κ1) is 13.9. The van der Waals surface area contributed by atoms with Gasteiger partial charge in [-0.05, 0) is 37.0 Å². The van der Waals surface area contributed by atoms with Crippen molar-refractivity contribution in [2.45, 2.75) is 45.1 Å². The highest BCUT2D eigenvalue weighted by Crippen LogP contribution is 2.37. The molecule has 2 unspecified atom stereocenters. The molecule has 1 fully saturated rings. The summed E-state index contributed by atoms with van der Waals surface area (Å²) < 4.78 is 15.9. The van der Waals surface area contributed by atoms with Crippen LogP contribution in [0, 0.1) is 11.7 Å². The van der Waals surface area contributed by atoms with Crippen molar-refractivity contribution < 1.29 is 4.39 Å². The van der Waals surface area contributed by atoms with Crippen molar-refractivity contribution in [1.82, 2.24) is 9.55 Å². The number of fused-ring (bicyclic) bond motifs is 1. The van der Waals surface area contributed by atoms with E-state index in [2.05, 4.69) is 16.5 Å². The van der Waals surface area contributed by atoms with Crippen molar-refractivity contribution in [3.63, 3.8) is 0 Å². The van der Waals surface area contributed by atoms with Gasteiger partial charge < -0.3 is 4.57 Å². The fourth-order valence-electron chi connectivity index (χ4n) is 3.43. The number of halogens is 2. The van der Waals surface area contributed by atoms with E-state index in [9.17, 15) is 4.39 Å². The predicted octanol–water partition coefficient (Wildman–Crippen LogP) is 4.71. The van der Waals surface area contributed by atoms with Gasteiger partial charge >= 0.3 is 0 Å². The molecule has 3 rings (SSSR count). The second-order valence-corrected chi connectivity index (χ2v) is 6.18. The van der Waals surface area contributed by atoms with Crippen LogP contribution in [0.5, 0.6) is 0 Å². The van der Waals surface area contributed by atoms with E-state index in [1.54, 1.807) is 12.1 Å². The van der Waals surface area contributed by atoms with E-state index in [1.807, 2.05) is 0 Å². The van der Waals surface area contributed by atoms with Gasteiger partial charge in [-0.2, -0.15) is 0 Å². The molecule has 1 saturated carbocycles. The first-order chi connectivity index (χ1) is 9.70. The average Bonchev–Trinajstić information content (AvgIpc) is 2.77. The SMILES string of the molecule is CC1CCCCC1n1c(CCCl)nc2ccc(F)cc21. The van der Waals surface area contributed by atoms with E-state index in [0.29, 0.717) is 17.8 Å². The molecule has 0 bridgehead atoms. The number of benzene rings is 1. The average molecular weight is 295 g/mol. The molecule has 108 valence electrons. The summed E-state index contributed by atoms with van der Waals surface area (Å²) in [5.74, 6) is 1.96. The van der Waals surface area contributed by atoms with Gasteiger partial charge in [0, 0.05) is 18.3 Å². The second-order valence-electron chi connectivity index (χ2n) is 5.80. The van der Waals surface area contributed by atoms with Crippen molar-refractivity contribution in [3.8, 4) is 0 Å². The summed E-state index contributed by atoms with van der Waals surface area (Å²) >= 11 is 5.91. The lowest BCUT2D eigenvalue weighted by molar-refractivity contribution is 0.257. The fraction of sp³-hybridized carbons (Fsp3) is 0.562. The van der Waals surface area contributed by atoms with Crippen LogP contribution in [0.2, 0.25) is 0 Å². The smallest absolute Gasteiger partial charge is 0.125 e. The Labute approximate surface area is 123 Å². The fourth-order valence-corrected chi connectivity index (χ4v) is 3.60. The minimum absolute atomic E-state index is 0.195. The van der Waals surface area contributed by atoms with Crippen LogP contribution >= 0.6 is 11.6 Å². The molecular formula is C16H20ClFN2. The molecule has 2 aromatic rings. The van der Waals surface area contributed by atoms with Gasteiger partial charge in [-0.1, -0.05) is 19.8 Å². The van der Waals surface area contributed by atoms with Gasteiger partial charge in [0.25, 0.3) is 0 Å². The van der Waals surface area contributed by atoms with E-state index in [1.165, 1.54) is 25.3 Å². The minimum atomic E-state index is -0.195. The van der Waals surface area contributed by atoms with Crippen LogP contribution in [0.25, 0.3) is 11.0 Å². The predicted molar refractivity (Wildman–Crippen MR) is 80.8 cm³/mol. The minimum Gasteiger partial charge on any atom is -0.324 e. The number of alkyl halides is 1. The van der Waals surface area contributed by atoms with E-state index in [-0.39, 0.29) is 5.82 Å². The van der Waals surface area contributed by atoms with Crippen LogP contribution in [0.4, 0.5) is 4.39 Å². The zero-order chi connectivity index (χ0) is 14.1.